The minimum Gasteiger partial charge on any atom is -0.480 e. The van der Waals surface area contributed by atoms with Crippen molar-refractivity contribution in [2.75, 3.05) is 13.6 Å². The highest BCUT2D eigenvalue weighted by Gasteiger charge is 2.38. The summed E-state index contributed by atoms with van der Waals surface area (Å²) in [5, 5.41) is 11.6. The Bertz CT molecular complexity index is 464. The van der Waals surface area contributed by atoms with Gasteiger partial charge in [-0.3, -0.25) is 14.5 Å². The Hall–Kier alpha value is -2.12. The molecular weight excluding hydrogens is 266 g/mol. The molecule has 2 aliphatic heterocycles. The predicted molar refractivity (Wildman–Crippen MR) is 66.7 cm³/mol. The zero-order valence-electron chi connectivity index (χ0n) is 11.2. The lowest BCUT2D eigenvalue weighted by Crippen LogP contribution is -2.56. The molecule has 2 atom stereocenters. The molecule has 0 spiro atoms. The molecule has 1 unspecified atom stereocenters. The summed E-state index contributed by atoms with van der Waals surface area (Å²) in [6.45, 7) is 0.360. The van der Waals surface area contributed by atoms with Gasteiger partial charge in [-0.2, -0.15) is 0 Å². The summed E-state index contributed by atoms with van der Waals surface area (Å²) >= 11 is 0. The second-order valence-corrected chi connectivity index (χ2v) is 5.02. The van der Waals surface area contributed by atoms with Gasteiger partial charge in [0.2, 0.25) is 5.91 Å². The van der Waals surface area contributed by atoms with E-state index in [1.54, 1.807) is 0 Å². The molecular formula is C12H17N3O5. The van der Waals surface area contributed by atoms with Gasteiger partial charge < -0.3 is 15.3 Å². The highest BCUT2D eigenvalue weighted by atomic mass is 16.4. The highest BCUT2D eigenvalue weighted by molar-refractivity contribution is 6.01. The first kappa shape index (κ1) is 14.3. The van der Waals surface area contributed by atoms with Crippen LogP contribution in [0.3, 0.4) is 0 Å². The van der Waals surface area contributed by atoms with E-state index in [0.717, 1.165) is 4.90 Å². The monoisotopic (exact) mass is 283 g/mol. The van der Waals surface area contributed by atoms with Crippen LogP contribution in [0, 0.1) is 0 Å². The molecule has 2 saturated heterocycles. The Morgan fingerprint density at radius 1 is 1.30 bits per heavy atom. The third-order valence-corrected chi connectivity index (χ3v) is 3.75. The predicted octanol–water partition coefficient (Wildman–Crippen LogP) is -0.608. The van der Waals surface area contributed by atoms with Crippen molar-refractivity contribution in [3.05, 3.63) is 0 Å². The van der Waals surface area contributed by atoms with E-state index in [-0.39, 0.29) is 18.7 Å². The van der Waals surface area contributed by atoms with E-state index >= 15 is 0 Å². The fourth-order valence-electron chi connectivity index (χ4n) is 2.55. The average molecular weight is 283 g/mol. The number of imide groups is 1. The molecule has 2 heterocycles. The van der Waals surface area contributed by atoms with Crippen molar-refractivity contribution in [3.8, 4) is 0 Å². The molecule has 0 aromatic rings. The normalized spacial score (nSPS) is 26.9. The third-order valence-electron chi connectivity index (χ3n) is 3.75. The average Bonchev–Trinajstić information content (AvgIpc) is 2.89. The summed E-state index contributed by atoms with van der Waals surface area (Å²) in [5.74, 6) is -1.77. The lowest BCUT2D eigenvalue weighted by Gasteiger charge is -2.30. The molecule has 0 radical (unpaired) electrons. The van der Waals surface area contributed by atoms with Gasteiger partial charge in [0.15, 0.2) is 0 Å². The fourth-order valence-corrected chi connectivity index (χ4v) is 2.55. The Balaban J connectivity index is 1.99. The molecule has 110 valence electrons. The van der Waals surface area contributed by atoms with E-state index in [2.05, 4.69) is 5.32 Å². The van der Waals surface area contributed by atoms with Crippen molar-refractivity contribution in [2.45, 2.75) is 37.8 Å². The van der Waals surface area contributed by atoms with Gasteiger partial charge in [0.25, 0.3) is 5.91 Å². The number of rotatable bonds is 2. The van der Waals surface area contributed by atoms with Crippen LogP contribution in [0.1, 0.15) is 25.7 Å². The van der Waals surface area contributed by atoms with Crippen LogP contribution in [0.15, 0.2) is 0 Å². The number of nitrogens with one attached hydrogen (secondary N) is 1. The number of nitrogens with zero attached hydrogens (tertiary/aromatic N) is 2. The van der Waals surface area contributed by atoms with Crippen LogP contribution in [0.5, 0.6) is 0 Å². The molecule has 0 bridgehead atoms. The molecule has 2 fully saturated rings. The lowest BCUT2D eigenvalue weighted by molar-refractivity contribution is -0.147. The number of aliphatic carboxylic acids is 1. The largest absolute Gasteiger partial charge is 0.480 e. The number of hydrogen-bond donors (Lipinski definition) is 2. The molecule has 2 aliphatic rings. The molecule has 0 aromatic carbocycles. The standard InChI is InChI=1S/C12H17N3O5/c1-14-9(16)5-4-7(10(14)17)13-12(20)15-6-2-3-8(15)11(18)19/h7-8H,2-6H2,1H3,(H,13,20)(H,18,19)/t7?,8-/m1/s1. The maximum absolute atomic E-state index is 12.1. The van der Waals surface area contributed by atoms with Gasteiger partial charge in [0, 0.05) is 20.0 Å². The second kappa shape index (κ2) is 5.48. The quantitative estimate of drug-likeness (QED) is 0.658. The number of amides is 4. The van der Waals surface area contributed by atoms with E-state index in [4.69, 9.17) is 5.11 Å². The van der Waals surface area contributed by atoms with Crippen molar-refractivity contribution in [1.82, 2.24) is 15.1 Å². The Kier molecular flexibility index (Phi) is 3.91. The molecule has 0 saturated carbocycles. The molecule has 8 nitrogen and oxygen atoms in total. The maximum atomic E-state index is 12.1. The first-order chi connectivity index (χ1) is 9.41. The Labute approximate surface area is 115 Å². The van der Waals surface area contributed by atoms with Crippen LogP contribution >= 0.6 is 0 Å². The first-order valence-corrected chi connectivity index (χ1v) is 6.52. The summed E-state index contributed by atoms with van der Waals surface area (Å²) in [7, 11) is 1.37. The number of carbonyl (C=O) groups is 4. The number of urea groups is 1. The van der Waals surface area contributed by atoms with E-state index in [1.807, 2.05) is 0 Å². The van der Waals surface area contributed by atoms with Crippen LogP contribution in [0.2, 0.25) is 0 Å². The zero-order valence-corrected chi connectivity index (χ0v) is 11.2. The second-order valence-electron chi connectivity index (χ2n) is 5.02. The minimum atomic E-state index is -1.04. The SMILES string of the molecule is CN1C(=O)CCC(NC(=O)N2CCC[C@@H]2C(=O)O)C1=O. The number of carboxylic acids is 1. The van der Waals surface area contributed by atoms with Crippen molar-refractivity contribution in [2.24, 2.45) is 0 Å². The van der Waals surface area contributed by atoms with Gasteiger partial charge in [0.1, 0.15) is 12.1 Å². The van der Waals surface area contributed by atoms with Crippen LogP contribution < -0.4 is 5.32 Å². The molecule has 20 heavy (non-hydrogen) atoms. The third kappa shape index (κ3) is 2.59. The Morgan fingerprint density at radius 2 is 2.00 bits per heavy atom. The molecule has 4 amide bonds. The maximum Gasteiger partial charge on any atom is 0.326 e. The van der Waals surface area contributed by atoms with E-state index in [1.165, 1.54) is 11.9 Å². The smallest absolute Gasteiger partial charge is 0.326 e. The van der Waals surface area contributed by atoms with Gasteiger partial charge in [-0.05, 0) is 19.3 Å². The molecule has 2 rings (SSSR count). The molecule has 2 N–H and O–H groups in total. The van der Waals surface area contributed by atoms with Crippen LogP contribution in [-0.2, 0) is 14.4 Å². The molecule has 0 aromatic heterocycles. The van der Waals surface area contributed by atoms with Gasteiger partial charge in [-0.15, -0.1) is 0 Å². The number of likely N-dealkylation sites (N-methyl/N-ethyl adjacent to an activating group) is 1. The van der Waals surface area contributed by atoms with Crippen molar-refractivity contribution in [1.29, 1.82) is 0 Å². The number of piperidine rings is 1. The Morgan fingerprint density at radius 3 is 2.65 bits per heavy atom. The van der Waals surface area contributed by atoms with E-state index < -0.39 is 30.0 Å². The number of carbonyl (C=O) groups excluding carboxylic acids is 3. The summed E-state index contributed by atoms with van der Waals surface area (Å²) < 4.78 is 0. The molecule has 8 heteroatoms. The summed E-state index contributed by atoms with van der Waals surface area (Å²) in [6.07, 6.45) is 1.48. The summed E-state index contributed by atoms with van der Waals surface area (Å²) in [6, 6.07) is -2.16. The highest BCUT2D eigenvalue weighted by Crippen LogP contribution is 2.18. The van der Waals surface area contributed by atoms with Gasteiger partial charge in [-0.25, -0.2) is 9.59 Å². The van der Waals surface area contributed by atoms with Gasteiger partial charge in [0.05, 0.1) is 0 Å². The van der Waals surface area contributed by atoms with E-state index in [9.17, 15) is 19.2 Å². The summed E-state index contributed by atoms with van der Waals surface area (Å²) in [5.41, 5.74) is 0. The van der Waals surface area contributed by atoms with Crippen LogP contribution in [0.4, 0.5) is 4.79 Å². The number of carboxylic acid groups (broad SMARTS) is 1. The first-order valence-electron chi connectivity index (χ1n) is 6.52. The lowest BCUT2D eigenvalue weighted by atomic mass is 10.1. The fraction of sp³-hybridized carbons (Fsp3) is 0.667. The zero-order chi connectivity index (χ0) is 14.9. The summed E-state index contributed by atoms with van der Waals surface area (Å²) in [4.78, 5) is 48.5. The van der Waals surface area contributed by atoms with E-state index in [0.29, 0.717) is 19.4 Å². The molecule has 0 aliphatic carbocycles. The minimum absolute atomic E-state index is 0.190. The van der Waals surface area contributed by atoms with Crippen molar-refractivity contribution >= 4 is 23.8 Å². The van der Waals surface area contributed by atoms with Crippen molar-refractivity contribution < 1.29 is 24.3 Å². The van der Waals surface area contributed by atoms with Gasteiger partial charge in [-0.1, -0.05) is 0 Å². The number of hydrogen-bond acceptors (Lipinski definition) is 4. The number of likely N-dealkylation sites (tertiary alicyclic amines) is 2. The van der Waals surface area contributed by atoms with Crippen molar-refractivity contribution in [3.63, 3.8) is 0 Å². The van der Waals surface area contributed by atoms with Gasteiger partial charge >= 0.3 is 12.0 Å². The van der Waals surface area contributed by atoms with Crippen LogP contribution in [0.25, 0.3) is 0 Å². The van der Waals surface area contributed by atoms with Crippen LogP contribution in [-0.4, -0.2) is 64.4 Å². The topological polar surface area (TPSA) is 107 Å².